The Kier molecular flexibility index (Phi) is 10.1. The molecular weight excluding hydrogens is 415 g/mol. The second-order valence-corrected chi connectivity index (χ2v) is 5.44. The maximum Gasteiger partial charge on any atom is 0.191 e. The Morgan fingerprint density at radius 1 is 1.17 bits per heavy atom. The molecule has 0 saturated heterocycles. The second-order valence-electron chi connectivity index (χ2n) is 5.44. The van der Waals surface area contributed by atoms with E-state index in [2.05, 4.69) is 63.9 Å². The molecule has 0 fully saturated rings. The Morgan fingerprint density at radius 2 is 1.88 bits per heavy atom. The lowest BCUT2D eigenvalue weighted by molar-refractivity contribution is 0.609. The number of aryl methyl sites for hydroxylation is 1. The summed E-state index contributed by atoms with van der Waals surface area (Å²) in [5, 5.41) is 14.4. The molecule has 2 aromatic rings. The van der Waals surface area contributed by atoms with Crippen LogP contribution in [0.2, 0.25) is 0 Å². The van der Waals surface area contributed by atoms with Crippen LogP contribution in [-0.2, 0) is 6.54 Å². The summed E-state index contributed by atoms with van der Waals surface area (Å²) >= 11 is 0. The van der Waals surface area contributed by atoms with Gasteiger partial charge < -0.3 is 15.2 Å². The largest absolute Gasteiger partial charge is 0.357 e. The molecule has 1 aromatic carbocycles. The number of unbranched alkanes of at least 4 members (excludes halogenated alkanes) is 1. The van der Waals surface area contributed by atoms with E-state index in [1.165, 1.54) is 5.56 Å². The maximum atomic E-state index is 4.65. The van der Waals surface area contributed by atoms with Gasteiger partial charge in [-0.3, -0.25) is 4.99 Å². The zero-order chi connectivity index (χ0) is 16.3. The maximum absolute atomic E-state index is 4.65. The molecule has 0 bridgehead atoms. The monoisotopic (exact) mass is 442 g/mol. The van der Waals surface area contributed by atoms with Crippen molar-refractivity contribution >= 4 is 29.9 Å². The number of aromatic nitrogens is 3. The van der Waals surface area contributed by atoms with Gasteiger partial charge in [0.25, 0.3) is 0 Å². The number of benzene rings is 1. The molecule has 0 radical (unpaired) electrons. The fourth-order valence-corrected chi connectivity index (χ4v) is 2.28. The van der Waals surface area contributed by atoms with E-state index < -0.39 is 0 Å². The Bertz CT molecular complexity index is 570. The topological polar surface area (TPSA) is 67.1 Å². The van der Waals surface area contributed by atoms with Crippen molar-refractivity contribution < 1.29 is 0 Å². The van der Waals surface area contributed by atoms with Gasteiger partial charge in [0.15, 0.2) is 5.96 Å². The number of guanidine groups is 1. The molecule has 1 unspecified atom stereocenters. The number of nitrogens with zero attached hydrogens (tertiary/aromatic N) is 4. The highest BCUT2D eigenvalue weighted by atomic mass is 127. The molecule has 132 valence electrons. The van der Waals surface area contributed by atoms with Gasteiger partial charge in [0.2, 0.25) is 0 Å². The van der Waals surface area contributed by atoms with Crippen LogP contribution in [0, 0.1) is 0 Å². The van der Waals surface area contributed by atoms with E-state index in [0.717, 1.165) is 38.4 Å². The molecule has 0 amide bonds. The van der Waals surface area contributed by atoms with E-state index in [0.29, 0.717) is 0 Å². The van der Waals surface area contributed by atoms with Crippen molar-refractivity contribution in [3.63, 3.8) is 0 Å². The van der Waals surface area contributed by atoms with Crippen LogP contribution in [0.5, 0.6) is 0 Å². The van der Waals surface area contributed by atoms with E-state index in [-0.39, 0.29) is 30.0 Å². The van der Waals surface area contributed by atoms with Crippen LogP contribution in [-0.4, -0.2) is 33.8 Å². The Hall–Kier alpha value is -1.64. The molecule has 1 atom stereocenters. The summed E-state index contributed by atoms with van der Waals surface area (Å²) in [6.45, 7) is 6.82. The van der Waals surface area contributed by atoms with Gasteiger partial charge in [0, 0.05) is 19.6 Å². The molecule has 0 spiro atoms. The molecule has 24 heavy (non-hydrogen) atoms. The van der Waals surface area contributed by atoms with Crippen LogP contribution in [0.3, 0.4) is 0 Å². The molecule has 2 rings (SSSR count). The van der Waals surface area contributed by atoms with E-state index >= 15 is 0 Å². The van der Waals surface area contributed by atoms with Gasteiger partial charge >= 0.3 is 0 Å². The fourth-order valence-electron chi connectivity index (χ4n) is 2.28. The van der Waals surface area contributed by atoms with Gasteiger partial charge in [0.1, 0.15) is 12.7 Å². The summed E-state index contributed by atoms with van der Waals surface area (Å²) in [6.07, 6.45) is 5.59. The lowest BCUT2D eigenvalue weighted by atomic mass is 10.1. The highest BCUT2D eigenvalue weighted by Crippen LogP contribution is 2.10. The minimum absolute atomic E-state index is 0. The molecule has 1 aromatic heterocycles. The molecule has 0 aliphatic carbocycles. The molecule has 2 N–H and O–H groups in total. The van der Waals surface area contributed by atoms with Crippen LogP contribution in [0.4, 0.5) is 0 Å². The van der Waals surface area contributed by atoms with Crippen molar-refractivity contribution in [2.24, 2.45) is 4.99 Å². The van der Waals surface area contributed by atoms with Crippen molar-refractivity contribution in [2.45, 2.75) is 39.3 Å². The van der Waals surface area contributed by atoms with Crippen LogP contribution >= 0.6 is 24.0 Å². The van der Waals surface area contributed by atoms with E-state index in [1.807, 2.05) is 10.6 Å². The average molecular weight is 442 g/mol. The molecule has 0 saturated carbocycles. The summed E-state index contributed by atoms with van der Waals surface area (Å²) in [4.78, 5) is 4.65. The van der Waals surface area contributed by atoms with E-state index in [9.17, 15) is 0 Å². The average Bonchev–Trinajstić information content (AvgIpc) is 3.09. The number of rotatable bonds is 8. The first kappa shape index (κ1) is 20.4. The van der Waals surface area contributed by atoms with Crippen LogP contribution in [0.15, 0.2) is 48.0 Å². The zero-order valence-corrected chi connectivity index (χ0v) is 16.7. The van der Waals surface area contributed by atoms with E-state index in [4.69, 9.17) is 0 Å². The quantitative estimate of drug-likeness (QED) is 0.286. The summed E-state index contributed by atoms with van der Waals surface area (Å²) < 4.78 is 1.99. The predicted molar refractivity (Wildman–Crippen MR) is 109 cm³/mol. The first-order valence-corrected chi connectivity index (χ1v) is 8.21. The second kappa shape index (κ2) is 11.8. The standard InChI is InChI=1S/C17H26N6.HI/c1-3-18-17(22-15(2)16-9-5-4-6-10-16)19-11-7-8-12-23-13-20-21-14-23;/h4-6,9-10,13-15H,3,7-8,11-12H2,1-2H3,(H2,18,19,22);1H. The number of halogens is 1. The third-order valence-corrected chi connectivity index (χ3v) is 3.56. The molecule has 7 heteroatoms. The minimum atomic E-state index is 0. The van der Waals surface area contributed by atoms with Crippen molar-refractivity contribution in [3.8, 4) is 0 Å². The van der Waals surface area contributed by atoms with Gasteiger partial charge in [-0.2, -0.15) is 0 Å². The number of hydrogen-bond donors (Lipinski definition) is 2. The minimum Gasteiger partial charge on any atom is -0.357 e. The molecule has 6 nitrogen and oxygen atoms in total. The van der Waals surface area contributed by atoms with Crippen LogP contribution in [0.25, 0.3) is 0 Å². The first-order valence-electron chi connectivity index (χ1n) is 8.21. The normalized spacial score (nSPS) is 12.3. The lowest BCUT2D eigenvalue weighted by Crippen LogP contribution is -2.38. The third kappa shape index (κ3) is 7.29. The smallest absolute Gasteiger partial charge is 0.191 e. The summed E-state index contributed by atoms with van der Waals surface area (Å²) in [5.41, 5.74) is 1.26. The van der Waals surface area contributed by atoms with Crippen molar-refractivity contribution in [3.05, 3.63) is 48.5 Å². The lowest BCUT2D eigenvalue weighted by Gasteiger charge is -2.18. The number of aliphatic imine (C=N–C) groups is 1. The highest BCUT2D eigenvalue weighted by Gasteiger charge is 2.06. The number of hydrogen-bond acceptors (Lipinski definition) is 3. The summed E-state index contributed by atoms with van der Waals surface area (Å²) in [6, 6.07) is 10.6. The zero-order valence-electron chi connectivity index (χ0n) is 14.4. The first-order chi connectivity index (χ1) is 11.3. The van der Waals surface area contributed by atoms with Gasteiger partial charge in [0.05, 0.1) is 6.04 Å². The van der Waals surface area contributed by atoms with Crippen LogP contribution < -0.4 is 10.6 Å². The molecule has 1 heterocycles. The van der Waals surface area contributed by atoms with Crippen LogP contribution in [0.1, 0.15) is 38.3 Å². The third-order valence-electron chi connectivity index (χ3n) is 3.56. The molecule has 0 aliphatic rings. The van der Waals surface area contributed by atoms with Crippen molar-refractivity contribution in [1.82, 2.24) is 25.4 Å². The van der Waals surface area contributed by atoms with E-state index in [1.54, 1.807) is 12.7 Å². The molecule has 0 aliphatic heterocycles. The van der Waals surface area contributed by atoms with Gasteiger partial charge in [-0.05, 0) is 32.3 Å². The summed E-state index contributed by atoms with van der Waals surface area (Å²) in [5.74, 6) is 0.869. The van der Waals surface area contributed by atoms with Crippen molar-refractivity contribution in [1.29, 1.82) is 0 Å². The van der Waals surface area contributed by atoms with Crippen molar-refractivity contribution in [2.75, 3.05) is 13.1 Å². The van der Waals surface area contributed by atoms with Gasteiger partial charge in [-0.1, -0.05) is 30.3 Å². The SMILES string of the molecule is CCNC(=NCCCCn1cnnc1)NC(C)c1ccccc1.I. The highest BCUT2D eigenvalue weighted by molar-refractivity contribution is 14.0. The predicted octanol–water partition coefficient (Wildman–Crippen LogP) is 2.99. The Morgan fingerprint density at radius 3 is 2.54 bits per heavy atom. The van der Waals surface area contributed by atoms with Gasteiger partial charge in [-0.15, -0.1) is 34.2 Å². The summed E-state index contributed by atoms with van der Waals surface area (Å²) in [7, 11) is 0. The Labute approximate surface area is 161 Å². The fraction of sp³-hybridized carbons (Fsp3) is 0.471. The Balaban J connectivity index is 0.00000288. The van der Waals surface area contributed by atoms with Gasteiger partial charge in [-0.25, -0.2) is 0 Å². The molecular formula is C17H27IN6. The number of nitrogens with one attached hydrogen (secondary N) is 2.